The van der Waals surface area contributed by atoms with Crippen LogP contribution in [-0.2, 0) is 0 Å². The lowest BCUT2D eigenvalue weighted by atomic mass is 9.91. The molecule has 3 rings (SSSR count). The van der Waals surface area contributed by atoms with E-state index in [2.05, 4.69) is 29.8 Å². The minimum absolute atomic E-state index is 0.118. The van der Waals surface area contributed by atoms with Gasteiger partial charge in [-0.2, -0.15) is 0 Å². The molecule has 2 aromatic rings. The maximum Gasteiger partial charge on any atom is 0.349 e. The van der Waals surface area contributed by atoms with Gasteiger partial charge in [-0.1, -0.05) is 29.8 Å². The second-order valence-corrected chi connectivity index (χ2v) is 7.20. The molecule has 0 N–H and O–H groups in total. The second-order valence-electron chi connectivity index (χ2n) is 6.29. The summed E-state index contributed by atoms with van der Waals surface area (Å²) < 4.78 is 6.17. The third-order valence-corrected chi connectivity index (χ3v) is 4.57. The summed E-state index contributed by atoms with van der Waals surface area (Å²) in [5.74, 6) is 0.678. The van der Waals surface area contributed by atoms with E-state index < -0.39 is 5.63 Å². The van der Waals surface area contributed by atoms with Crippen LogP contribution in [0.25, 0.3) is 11.0 Å². The molecule has 2 heterocycles. The minimum Gasteiger partial charge on any atom is -0.422 e. The fourth-order valence-electron chi connectivity index (χ4n) is 3.24. The molecule has 0 spiro atoms. The first-order valence-electron chi connectivity index (χ1n) is 7.46. The number of halogens is 1. The monoisotopic (exact) mass is 363 g/mol. The van der Waals surface area contributed by atoms with Gasteiger partial charge in [0.1, 0.15) is 11.1 Å². The van der Waals surface area contributed by atoms with Crippen molar-refractivity contribution in [1.82, 2.24) is 4.90 Å². The van der Waals surface area contributed by atoms with Gasteiger partial charge in [0.25, 0.3) is 5.91 Å². The number of hydrogen-bond acceptors (Lipinski definition) is 3. The molecular weight excluding hydrogens is 346 g/mol. The molecule has 1 aromatic heterocycles. The second kappa shape index (κ2) is 5.88. The molecule has 22 heavy (non-hydrogen) atoms. The lowest BCUT2D eigenvalue weighted by Crippen LogP contribution is -2.43. The van der Waals surface area contributed by atoms with Crippen LogP contribution in [0.4, 0.5) is 0 Å². The molecule has 0 bridgehead atoms. The predicted octanol–water partition coefficient (Wildman–Crippen LogP) is 3.67. The molecule has 116 valence electrons. The maximum atomic E-state index is 12.7. The Hall–Kier alpha value is -1.62. The predicted molar refractivity (Wildman–Crippen MR) is 89.0 cm³/mol. The third-order valence-electron chi connectivity index (χ3n) is 4.08. The summed E-state index contributed by atoms with van der Waals surface area (Å²) >= 11 is 3.39. The van der Waals surface area contributed by atoms with Gasteiger partial charge >= 0.3 is 5.63 Å². The van der Waals surface area contributed by atoms with Crippen LogP contribution in [0.1, 0.15) is 30.6 Å². The normalized spacial score (nSPS) is 22.0. The van der Waals surface area contributed by atoms with Crippen LogP contribution in [-0.4, -0.2) is 23.9 Å². The molecular formula is C17H18BrNO3. The highest BCUT2D eigenvalue weighted by Crippen LogP contribution is 2.23. The molecule has 2 atom stereocenters. The van der Waals surface area contributed by atoms with Crippen LogP contribution in [0.2, 0.25) is 0 Å². The van der Waals surface area contributed by atoms with Crippen molar-refractivity contribution in [2.75, 3.05) is 13.1 Å². The zero-order valence-corrected chi connectivity index (χ0v) is 14.2. The van der Waals surface area contributed by atoms with Crippen LogP contribution < -0.4 is 5.63 Å². The van der Waals surface area contributed by atoms with E-state index in [0.29, 0.717) is 30.5 Å². The number of fused-ring (bicyclic) bond motifs is 1. The van der Waals surface area contributed by atoms with Gasteiger partial charge in [-0.25, -0.2) is 4.79 Å². The van der Waals surface area contributed by atoms with E-state index in [1.54, 1.807) is 23.1 Å². The van der Waals surface area contributed by atoms with Crippen LogP contribution in [0.5, 0.6) is 0 Å². The number of rotatable bonds is 1. The summed E-state index contributed by atoms with van der Waals surface area (Å²) in [4.78, 5) is 26.6. The Morgan fingerprint density at radius 3 is 2.59 bits per heavy atom. The van der Waals surface area contributed by atoms with Gasteiger partial charge in [0.15, 0.2) is 0 Å². The van der Waals surface area contributed by atoms with Gasteiger partial charge < -0.3 is 9.32 Å². The summed E-state index contributed by atoms with van der Waals surface area (Å²) in [5.41, 5.74) is 0.0442. The van der Waals surface area contributed by atoms with E-state index in [9.17, 15) is 9.59 Å². The van der Waals surface area contributed by atoms with Crippen LogP contribution in [0.15, 0.2) is 37.9 Å². The summed E-state index contributed by atoms with van der Waals surface area (Å²) in [6.45, 7) is 5.66. The number of benzene rings is 1. The average Bonchev–Trinajstić information content (AvgIpc) is 2.45. The van der Waals surface area contributed by atoms with Crippen LogP contribution in [0, 0.1) is 11.8 Å². The number of hydrogen-bond donors (Lipinski definition) is 0. The van der Waals surface area contributed by atoms with Crippen LogP contribution >= 0.6 is 15.9 Å². The van der Waals surface area contributed by atoms with Crippen molar-refractivity contribution in [3.63, 3.8) is 0 Å². The number of carbonyl (C=O) groups is 1. The Bertz CT molecular complexity index is 773. The van der Waals surface area contributed by atoms with Crippen molar-refractivity contribution in [3.8, 4) is 0 Å². The molecule has 1 aliphatic rings. The number of piperidine rings is 1. The zero-order valence-electron chi connectivity index (χ0n) is 12.6. The van der Waals surface area contributed by atoms with Gasteiger partial charge in [-0.3, -0.25) is 4.79 Å². The molecule has 1 fully saturated rings. The fraction of sp³-hybridized carbons (Fsp3) is 0.412. The molecule has 1 aliphatic heterocycles. The highest BCUT2D eigenvalue weighted by atomic mass is 79.9. The van der Waals surface area contributed by atoms with Crippen molar-refractivity contribution in [2.45, 2.75) is 20.3 Å². The van der Waals surface area contributed by atoms with E-state index >= 15 is 0 Å². The van der Waals surface area contributed by atoms with Crippen molar-refractivity contribution in [3.05, 3.63) is 44.7 Å². The molecule has 1 saturated heterocycles. The average molecular weight is 364 g/mol. The summed E-state index contributed by atoms with van der Waals surface area (Å²) in [7, 11) is 0. The Labute approximate surface area is 137 Å². The minimum atomic E-state index is -0.564. The van der Waals surface area contributed by atoms with Crippen LogP contribution in [0.3, 0.4) is 0 Å². The first-order valence-corrected chi connectivity index (χ1v) is 8.26. The molecule has 0 aliphatic carbocycles. The fourth-order valence-corrected chi connectivity index (χ4v) is 3.62. The Balaban J connectivity index is 2.00. The highest BCUT2D eigenvalue weighted by molar-refractivity contribution is 9.10. The molecule has 1 aromatic carbocycles. The van der Waals surface area contributed by atoms with E-state index in [1.165, 1.54) is 0 Å². The summed E-state index contributed by atoms with van der Waals surface area (Å²) in [6, 6.07) is 7.01. The first kappa shape index (κ1) is 15.3. The quantitative estimate of drug-likeness (QED) is 0.726. The van der Waals surface area contributed by atoms with E-state index in [0.717, 1.165) is 16.3 Å². The van der Waals surface area contributed by atoms with Gasteiger partial charge in [0.2, 0.25) is 0 Å². The molecule has 0 radical (unpaired) electrons. The smallest absolute Gasteiger partial charge is 0.349 e. The SMILES string of the molecule is C[C@H]1C[C@H](C)CN(C(=O)c2cc3cc(Br)ccc3oc2=O)C1. The number of carbonyl (C=O) groups excluding carboxylic acids is 1. The summed E-state index contributed by atoms with van der Waals surface area (Å²) in [6.07, 6.45) is 1.11. The highest BCUT2D eigenvalue weighted by Gasteiger charge is 2.28. The Morgan fingerprint density at radius 1 is 1.23 bits per heavy atom. The van der Waals surface area contributed by atoms with Crippen molar-refractivity contribution in [1.29, 1.82) is 0 Å². The van der Waals surface area contributed by atoms with E-state index in [4.69, 9.17) is 4.42 Å². The largest absolute Gasteiger partial charge is 0.422 e. The standard InChI is InChI=1S/C17H18BrNO3/c1-10-5-11(2)9-19(8-10)16(20)14-7-12-6-13(18)3-4-15(12)22-17(14)21/h3-4,6-7,10-11H,5,8-9H2,1-2H3/t10-,11-/m0/s1. The van der Waals surface area contributed by atoms with Crippen molar-refractivity contribution >= 4 is 32.8 Å². The molecule has 5 heteroatoms. The van der Waals surface area contributed by atoms with Gasteiger partial charge in [0.05, 0.1) is 0 Å². The van der Waals surface area contributed by atoms with Gasteiger partial charge in [-0.05, 0) is 42.5 Å². The first-order chi connectivity index (χ1) is 10.4. The molecule has 0 saturated carbocycles. The van der Waals surface area contributed by atoms with Crippen molar-refractivity contribution < 1.29 is 9.21 Å². The number of nitrogens with zero attached hydrogens (tertiary/aromatic N) is 1. The lowest BCUT2D eigenvalue weighted by molar-refractivity contribution is 0.0619. The third kappa shape index (κ3) is 2.95. The molecule has 1 amide bonds. The number of likely N-dealkylation sites (tertiary alicyclic amines) is 1. The lowest BCUT2D eigenvalue weighted by Gasteiger charge is -2.34. The Morgan fingerprint density at radius 2 is 1.91 bits per heavy atom. The summed E-state index contributed by atoms with van der Waals surface area (Å²) in [5, 5.41) is 0.746. The Kier molecular flexibility index (Phi) is 4.08. The van der Waals surface area contributed by atoms with E-state index in [-0.39, 0.29) is 11.5 Å². The van der Waals surface area contributed by atoms with Gasteiger partial charge in [0, 0.05) is 22.9 Å². The zero-order chi connectivity index (χ0) is 15.9. The van der Waals surface area contributed by atoms with E-state index in [1.807, 2.05) is 6.07 Å². The van der Waals surface area contributed by atoms with Crippen molar-refractivity contribution in [2.24, 2.45) is 11.8 Å². The molecule has 0 unspecified atom stereocenters. The van der Waals surface area contributed by atoms with Gasteiger partial charge in [-0.15, -0.1) is 0 Å². The maximum absolute atomic E-state index is 12.7. The number of amides is 1. The topological polar surface area (TPSA) is 50.5 Å². The molecule has 4 nitrogen and oxygen atoms in total.